The summed E-state index contributed by atoms with van der Waals surface area (Å²) in [7, 11) is 1.60. The van der Waals surface area contributed by atoms with Crippen LogP contribution in [0.3, 0.4) is 0 Å². The summed E-state index contributed by atoms with van der Waals surface area (Å²) < 4.78 is 52.3. The second-order valence-corrected chi connectivity index (χ2v) is 12.2. The number of piperidine rings is 1. The Labute approximate surface area is 244 Å². The van der Waals surface area contributed by atoms with E-state index in [2.05, 4.69) is 17.5 Å². The van der Waals surface area contributed by atoms with Crippen LogP contribution in [0.25, 0.3) is 6.08 Å². The number of benzene rings is 2. The van der Waals surface area contributed by atoms with Crippen LogP contribution in [0, 0.1) is 0 Å². The Kier molecular flexibility index (Phi) is 6.97. The van der Waals surface area contributed by atoms with Gasteiger partial charge in [0, 0.05) is 30.3 Å². The van der Waals surface area contributed by atoms with Crippen LogP contribution in [0.15, 0.2) is 55.1 Å². The van der Waals surface area contributed by atoms with Gasteiger partial charge in [-0.15, -0.1) is 6.58 Å². The van der Waals surface area contributed by atoms with Gasteiger partial charge in [0.1, 0.15) is 6.10 Å². The third kappa shape index (κ3) is 4.11. The van der Waals surface area contributed by atoms with E-state index < -0.39 is 28.9 Å². The summed E-state index contributed by atoms with van der Waals surface area (Å²) in [5.74, 6) is 0.950. The molecule has 4 aliphatic rings. The first-order valence-corrected chi connectivity index (χ1v) is 14.6. The Morgan fingerprint density at radius 1 is 1.29 bits per heavy atom. The fraction of sp³-hybridized carbons (Fsp3) is 0.485. The fourth-order valence-corrected chi connectivity index (χ4v) is 8.30. The van der Waals surface area contributed by atoms with Crippen LogP contribution in [0.2, 0.25) is 0 Å². The molecule has 2 bridgehead atoms. The highest BCUT2D eigenvalue weighted by molar-refractivity contribution is 5.92. The lowest BCUT2D eigenvalue weighted by atomic mass is 9.48. The number of hydrogen-bond acceptors (Lipinski definition) is 5. The molecule has 9 heteroatoms. The molecule has 6 rings (SSSR count). The van der Waals surface area contributed by atoms with E-state index in [1.807, 2.05) is 26.0 Å². The minimum Gasteiger partial charge on any atom is -0.493 e. The lowest BCUT2D eigenvalue weighted by Crippen LogP contribution is -2.78. The monoisotopic (exact) mass is 582 g/mol. The van der Waals surface area contributed by atoms with Crippen molar-refractivity contribution < 1.29 is 32.5 Å². The van der Waals surface area contributed by atoms with Crippen LogP contribution in [-0.4, -0.2) is 70.8 Å². The standard InChI is InChI=1S/C33H37F3N2O4/c1-5-16-37-17-15-31-28-22-10-11-25(41-4)29(28)42-30(31)24(13-14-32(31,40)26(37)19-22)38(20(2)3)27(39)12-9-21-7-6-8-23(18-21)33(34,35)36/h5-12,18,20,24,26,30,40H,1,13-17,19H2,2-4H3/b12-9+/t24?,26-,30?,31+,32-/m1/s1. The van der Waals surface area contributed by atoms with Gasteiger partial charge in [-0.25, -0.2) is 0 Å². The van der Waals surface area contributed by atoms with Gasteiger partial charge in [-0.3, -0.25) is 9.69 Å². The van der Waals surface area contributed by atoms with Gasteiger partial charge in [-0.05, 0) is 81.5 Å². The molecule has 1 saturated carbocycles. The number of aliphatic hydroxyl groups is 1. The number of methoxy groups -OCH3 is 1. The number of nitrogens with zero attached hydrogens (tertiary/aromatic N) is 2. The zero-order valence-corrected chi connectivity index (χ0v) is 24.2. The van der Waals surface area contributed by atoms with Crippen LogP contribution < -0.4 is 9.47 Å². The van der Waals surface area contributed by atoms with Crippen molar-refractivity contribution in [1.29, 1.82) is 0 Å². The zero-order valence-electron chi connectivity index (χ0n) is 24.2. The molecule has 1 amide bonds. The summed E-state index contributed by atoms with van der Waals surface area (Å²) in [6.45, 7) is 9.23. The van der Waals surface area contributed by atoms with E-state index in [1.54, 1.807) is 18.1 Å². The third-order valence-electron chi connectivity index (χ3n) is 9.91. The molecule has 0 radical (unpaired) electrons. The van der Waals surface area contributed by atoms with Crippen molar-refractivity contribution in [3.05, 3.63) is 77.4 Å². The molecule has 2 aliphatic heterocycles. The van der Waals surface area contributed by atoms with Gasteiger partial charge in [0.25, 0.3) is 0 Å². The molecule has 1 spiro atoms. The normalized spacial score (nSPS) is 29.8. The molecule has 0 aromatic heterocycles. The van der Waals surface area contributed by atoms with Gasteiger partial charge < -0.3 is 19.5 Å². The summed E-state index contributed by atoms with van der Waals surface area (Å²) in [5.41, 5.74) is -0.136. The Morgan fingerprint density at radius 2 is 2.07 bits per heavy atom. The molecule has 224 valence electrons. The third-order valence-corrected chi connectivity index (χ3v) is 9.91. The lowest BCUT2D eigenvalue weighted by molar-refractivity contribution is -0.200. The Morgan fingerprint density at radius 3 is 2.76 bits per heavy atom. The average molecular weight is 583 g/mol. The molecule has 1 saturated heterocycles. The van der Waals surface area contributed by atoms with E-state index >= 15 is 0 Å². The van der Waals surface area contributed by atoms with Crippen molar-refractivity contribution in [3.63, 3.8) is 0 Å². The molecule has 2 heterocycles. The number of ether oxygens (including phenoxy) is 2. The van der Waals surface area contributed by atoms with E-state index in [0.717, 1.165) is 29.8 Å². The first kappa shape index (κ1) is 28.8. The van der Waals surface area contributed by atoms with Crippen LogP contribution in [0.4, 0.5) is 13.2 Å². The highest BCUT2D eigenvalue weighted by atomic mass is 19.4. The minimum atomic E-state index is -4.47. The summed E-state index contributed by atoms with van der Waals surface area (Å²) in [5, 5.41) is 12.7. The van der Waals surface area contributed by atoms with Gasteiger partial charge in [0.05, 0.1) is 29.7 Å². The van der Waals surface area contributed by atoms with Crippen LogP contribution in [0.5, 0.6) is 11.5 Å². The van der Waals surface area contributed by atoms with Crippen molar-refractivity contribution in [1.82, 2.24) is 9.80 Å². The van der Waals surface area contributed by atoms with Gasteiger partial charge in [0.2, 0.25) is 5.91 Å². The van der Waals surface area contributed by atoms with Gasteiger partial charge in [0.15, 0.2) is 11.5 Å². The van der Waals surface area contributed by atoms with Crippen molar-refractivity contribution >= 4 is 12.0 Å². The van der Waals surface area contributed by atoms with Gasteiger partial charge >= 0.3 is 6.18 Å². The SMILES string of the molecule is C=CCN1CC[C@]23c4c5ccc(OC)c4OC2C(N(C(=O)/C=C/c2cccc(C(F)(F)F)c2)C(C)C)CC[C@@]3(O)[C@H]1C5. The molecule has 2 unspecified atom stereocenters. The number of amides is 1. The molecule has 2 fully saturated rings. The summed E-state index contributed by atoms with van der Waals surface area (Å²) >= 11 is 0. The lowest BCUT2D eigenvalue weighted by Gasteiger charge is -2.65. The molecule has 5 atom stereocenters. The number of carbonyl (C=O) groups excluding carboxylic acids is 1. The summed E-state index contributed by atoms with van der Waals surface area (Å²) in [6.07, 6.45) is 2.02. The highest BCUT2D eigenvalue weighted by Crippen LogP contribution is 2.66. The number of rotatable bonds is 7. The van der Waals surface area contributed by atoms with Crippen molar-refractivity contribution in [2.45, 2.75) is 81.0 Å². The molecule has 2 aromatic rings. The minimum absolute atomic E-state index is 0.118. The second kappa shape index (κ2) is 10.2. The van der Waals surface area contributed by atoms with E-state index in [-0.39, 0.29) is 24.0 Å². The van der Waals surface area contributed by atoms with E-state index in [1.165, 1.54) is 18.2 Å². The maximum absolute atomic E-state index is 13.8. The number of likely N-dealkylation sites (tertiary alicyclic amines) is 1. The topological polar surface area (TPSA) is 62.2 Å². The number of carbonyl (C=O) groups is 1. The van der Waals surface area contributed by atoms with Crippen molar-refractivity contribution in [3.8, 4) is 11.5 Å². The number of halogens is 3. The largest absolute Gasteiger partial charge is 0.493 e. The fourth-order valence-electron chi connectivity index (χ4n) is 8.30. The predicted octanol–water partition coefficient (Wildman–Crippen LogP) is 5.37. The average Bonchev–Trinajstić information content (AvgIpc) is 3.30. The first-order valence-electron chi connectivity index (χ1n) is 14.6. The highest BCUT2D eigenvalue weighted by Gasteiger charge is 2.73. The zero-order chi connectivity index (χ0) is 30.0. The van der Waals surface area contributed by atoms with Crippen molar-refractivity contribution in [2.75, 3.05) is 20.2 Å². The van der Waals surface area contributed by atoms with E-state index in [0.29, 0.717) is 49.3 Å². The first-order chi connectivity index (χ1) is 20.0. The predicted molar refractivity (Wildman–Crippen MR) is 153 cm³/mol. The quantitative estimate of drug-likeness (QED) is 0.351. The smallest absolute Gasteiger partial charge is 0.416 e. The Bertz CT molecular complexity index is 1440. The van der Waals surface area contributed by atoms with Crippen molar-refractivity contribution in [2.24, 2.45) is 0 Å². The van der Waals surface area contributed by atoms with Gasteiger partial charge in [-0.2, -0.15) is 13.2 Å². The molecule has 2 aromatic carbocycles. The number of hydrogen-bond donors (Lipinski definition) is 1. The maximum Gasteiger partial charge on any atom is 0.416 e. The Balaban J connectivity index is 1.40. The van der Waals surface area contributed by atoms with Crippen LogP contribution in [0.1, 0.15) is 55.4 Å². The van der Waals surface area contributed by atoms with E-state index in [9.17, 15) is 23.1 Å². The molecule has 2 aliphatic carbocycles. The summed E-state index contributed by atoms with van der Waals surface area (Å²) in [4.78, 5) is 17.9. The molecular formula is C33H37F3N2O4. The second-order valence-electron chi connectivity index (χ2n) is 12.2. The molecule has 42 heavy (non-hydrogen) atoms. The van der Waals surface area contributed by atoms with Crippen LogP contribution >= 0.6 is 0 Å². The van der Waals surface area contributed by atoms with Gasteiger partial charge in [-0.1, -0.05) is 24.3 Å². The van der Waals surface area contributed by atoms with Crippen LogP contribution in [-0.2, 0) is 22.8 Å². The van der Waals surface area contributed by atoms with E-state index in [4.69, 9.17) is 9.47 Å². The number of alkyl halides is 3. The maximum atomic E-state index is 13.8. The molecule has 1 N–H and O–H groups in total. The summed E-state index contributed by atoms with van der Waals surface area (Å²) in [6, 6.07) is 8.21. The Hall–Kier alpha value is -3.30. The molecular weight excluding hydrogens is 545 g/mol. The molecule has 6 nitrogen and oxygen atoms in total.